The zero-order chi connectivity index (χ0) is 14.4. The summed E-state index contributed by atoms with van der Waals surface area (Å²) in [6.45, 7) is 10.2. The normalized spacial score (nSPS) is 13.0. The van der Waals surface area contributed by atoms with E-state index in [1.807, 2.05) is 0 Å². The number of nitrogens with zero attached hydrogens (tertiary/aromatic N) is 1. The van der Waals surface area contributed by atoms with Crippen LogP contribution in [0.4, 0.5) is 0 Å². The molecule has 0 aliphatic rings. The Bertz CT molecular complexity index is 406. The SMILES string of the molecule is CCN(CC)CC(C)NCc1c(Cl)ccc(Cl)c1Cl. The highest BCUT2D eigenvalue weighted by atomic mass is 35.5. The van der Waals surface area contributed by atoms with Crippen LogP contribution < -0.4 is 5.32 Å². The number of hydrogen-bond acceptors (Lipinski definition) is 2. The molecule has 0 aliphatic heterocycles. The molecular formula is C14H21Cl3N2. The number of hydrogen-bond donors (Lipinski definition) is 1. The van der Waals surface area contributed by atoms with Crippen LogP contribution in [0, 0.1) is 0 Å². The Labute approximate surface area is 131 Å². The van der Waals surface area contributed by atoms with Crippen LogP contribution in [0.5, 0.6) is 0 Å². The second-order valence-corrected chi connectivity index (χ2v) is 5.78. The lowest BCUT2D eigenvalue weighted by molar-refractivity contribution is 0.271. The molecule has 0 bridgehead atoms. The molecule has 0 saturated carbocycles. The summed E-state index contributed by atoms with van der Waals surface area (Å²) in [7, 11) is 0. The van der Waals surface area contributed by atoms with Gasteiger partial charge in [0.1, 0.15) is 0 Å². The van der Waals surface area contributed by atoms with Crippen molar-refractivity contribution in [3.05, 3.63) is 32.8 Å². The van der Waals surface area contributed by atoms with Crippen LogP contribution in [0.3, 0.4) is 0 Å². The van der Waals surface area contributed by atoms with Crippen LogP contribution in [0.15, 0.2) is 12.1 Å². The summed E-state index contributed by atoms with van der Waals surface area (Å²) in [6, 6.07) is 3.86. The fraction of sp³-hybridized carbons (Fsp3) is 0.571. The number of likely N-dealkylation sites (N-methyl/N-ethyl adjacent to an activating group) is 1. The average molecular weight is 324 g/mol. The van der Waals surface area contributed by atoms with Gasteiger partial charge in [-0.15, -0.1) is 0 Å². The van der Waals surface area contributed by atoms with Gasteiger partial charge in [-0.05, 0) is 32.1 Å². The summed E-state index contributed by atoms with van der Waals surface area (Å²) in [5, 5.41) is 5.17. The van der Waals surface area contributed by atoms with Gasteiger partial charge in [-0.2, -0.15) is 0 Å². The van der Waals surface area contributed by atoms with Gasteiger partial charge in [-0.3, -0.25) is 0 Å². The Morgan fingerprint density at radius 3 is 2.26 bits per heavy atom. The lowest BCUT2D eigenvalue weighted by Crippen LogP contribution is -2.38. The highest BCUT2D eigenvalue weighted by Gasteiger charge is 2.12. The summed E-state index contributed by atoms with van der Waals surface area (Å²) in [5.41, 5.74) is 0.863. The molecule has 1 N–H and O–H groups in total. The van der Waals surface area contributed by atoms with Crippen molar-refractivity contribution in [2.75, 3.05) is 19.6 Å². The molecule has 0 saturated heterocycles. The van der Waals surface area contributed by atoms with Gasteiger partial charge in [0.25, 0.3) is 0 Å². The first kappa shape index (κ1) is 17.1. The maximum Gasteiger partial charge on any atom is 0.0652 e. The van der Waals surface area contributed by atoms with Crippen LogP contribution in [-0.4, -0.2) is 30.6 Å². The van der Waals surface area contributed by atoms with E-state index in [1.54, 1.807) is 12.1 Å². The Balaban J connectivity index is 2.59. The van der Waals surface area contributed by atoms with Gasteiger partial charge in [0, 0.05) is 29.7 Å². The summed E-state index contributed by atoms with van der Waals surface area (Å²) >= 11 is 18.3. The summed E-state index contributed by atoms with van der Waals surface area (Å²) in [5.74, 6) is 0. The van der Waals surface area contributed by atoms with Gasteiger partial charge in [-0.25, -0.2) is 0 Å². The van der Waals surface area contributed by atoms with Crippen molar-refractivity contribution in [2.24, 2.45) is 0 Å². The molecule has 0 fully saturated rings. The second-order valence-electron chi connectivity index (χ2n) is 4.59. The summed E-state index contributed by atoms with van der Waals surface area (Å²) < 4.78 is 0. The minimum Gasteiger partial charge on any atom is -0.309 e. The van der Waals surface area contributed by atoms with Crippen molar-refractivity contribution in [1.29, 1.82) is 0 Å². The van der Waals surface area contributed by atoms with Crippen molar-refractivity contribution in [2.45, 2.75) is 33.4 Å². The maximum atomic E-state index is 6.18. The molecule has 1 atom stereocenters. The molecule has 0 radical (unpaired) electrons. The van der Waals surface area contributed by atoms with E-state index in [-0.39, 0.29) is 0 Å². The second kappa shape index (κ2) is 8.33. The number of nitrogens with one attached hydrogen (secondary N) is 1. The molecule has 108 valence electrons. The number of halogens is 3. The fourth-order valence-electron chi connectivity index (χ4n) is 1.94. The molecule has 0 amide bonds. The van der Waals surface area contributed by atoms with Crippen LogP contribution in [0.25, 0.3) is 0 Å². The Morgan fingerprint density at radius 2 is 1.68 bits per heavy atom. The van der Waals surface area contributed by atoms with Gasteiger partial charge in [-0.1, -0.05) is 48.7 Å². The van der Waals surface area contributed by atoms with Gasteiger partial charge < -0.3 is 10.2 Å². The van der Waals surface area contributed by atoms with Gasteiger partial charge in [0.2, 0.25) is 0 Å². The van der Waals surface area contributed by atoms with E-state index in [4.69, 9.17) is 34.8 Å². The molecule has 0 aromatic heterocycles. The van der Waals surface area contributed by atoms with Crippen molar-refractivity contribution in [3.8, 4) is 0 Å². The number of benzene rings is 1. The summed E-state index contributed by atoms with van der Waals surface area (Å²) in [6.07, 6.45) is 0. The van der Waals surface area contributed by atoms with E-state index in [0.717, 1.165) is 25.2 Å². The summed E-state index contributed by atoms with van der Waals surface area (Å²) in [4.78, 5) is 2.37. The smallest absolute Gasteiger partial charge is 0.0652 e. The molecular weight excluding hydrogens is 303 g/mol. The van der Waals surface area contributed by atoms with Crippen molar-refractivity contribution in [1.82, 2.24) is 10.2 Å². The minimum absolute atomic E-state index is 0.367. The van der Waals surface area contributed by atoms with E-state index in [2.05, 4.69) is 31.0 Å². The lowest BCUT2D eigenvalue weighted by atomic mass is 10.2. The molecule has 19 heavy (non-hydrogen) atoms. The number of rotatable bonds is 7. The lowest BCUT2D eigenvalue weighted by Gasteiger charge is -2.23. The van der Waals surface area contributed by atoms with Gasteiger partial charge in [0.15, 0.2) is 0 Å². The van der Waals surface area contributed by atoms with Crippen molar-refractivity contribution < 1.29 is 0 Å². The minimum atomic E-state index is 0.367. The van der Waals surface area contributed by atoms with E-state index in [1.165, 1.54) is 0 Å². The van der Waals surface area contributed by atoms with Gasteiger partial charge in [0.05, 0.1) is 10.0 Å². The monoisotopic (exact) mass is 322 g/mol. The standard InChI is InChI=1S/C14H21Cl3N2/c1-4-19(5-2)9-10(3)18-8-11-12(15)6-7-13(16)14(11)17/h6-7,10,18H,4-5,8-9H2,1-3H3. The molecule has 2 nitrogen and oxygen atoms in total. The molecule has 5 heteroatoms. The van der Waals surface area contributed by atoms with Crippen molar-refractivity contribution in [3.63, 3.8) is 0 Å². The van der Waals surface area contributed by atoms with E-state index in [0.29, 0.717) is 27.7 Å². The van der Waals surface area contributed by atoms with E-state index in [9.17, 15) is 0 Å². The maximum absolute atomic E-state index is 6.18. The molecule has 1 rings (SSSR count). The Kier molecular flexibility index (Phi) is 7.48. The van der Waals surface area contributed by atoms with Crippen molar-refractivity contribution >= 4 is 34.8 Å². The topological polar surface area (TPSA) is 15.3 Å². The molecule has 0 spiro atoms. The first-order valence-electron chi connectivity index (χ1n) is 6.57. The zero-order valence-corrected chi connectivity index (χ0v) is 13.9. The highest BCUT2D eigenvalue weighted by molar-refractivity contribution is 6.44. The fourth-order valence-corrected chi connectivity index (χ4v) is 2.62. The van der Waals surface area contributed by atoms with Crippen LogP contribution in [0.2, 0.25) is 15.1 Å². The third-order valence-corrected chi connectivity index (χ3v) is 4.39. The highest BCUT2D eigenvalue weighted by Crippen LogP contribution is 2.31. The van der Waals surface area contributed by atoms with E-state index < -0.39 is 0 Å². The Morgan fingerprint density at radius 1 is 1.11 bits per heavy atom. The predicted octanol–water partition coefficient (Wildman–Crippen LogP) is 4.47. The third-order valence-electron chi connectivity index (χ3n) is 3.19. The predicted molar refractivity (Wildman–Crippen MR) is 85.6 cm³/mol. The molecule has 0 heterocycles. The molecule has 1 aromatic rings. The zero-order valence-electron chi connectivity index (χ0n) is 11.6. The first-order valence-corrected chi connectivity index (χ1v) is 7.71. The largest absolute Gasteiger partial charge is 0.309 e. The first-order chi connectivity index (χ1) is 8.99. The Hall–Kier alpha value is 0.01000. The van der Waals surface area contributed by atoms with Gasteiger partial charge >= 0.3 is 0 Å². The van der Waals surface area contributed by atoms with E-state index >= 15 is 0 Å². The molecule has 1 aromatic carbocycles. The average Bonchev–Trinajstić information content (AvgIpc) is 2.40. The third kappa shape index (κ3) is 5.13. The quantitative estimate of drug-likeness (QED) is 0.745. The van der Waals surface area contributed by atoms with Crippen LogP contribution in [0.1, 0.15) is 26.3 Å². The molecule has 1 unspecified atom stereocenters. The van der Waals surface area contributed by atoms with Crippen LogP contribution >= 0.6 is 34.8 Å². The van der Waals surface area contributed by atoms with Crippen LogP contribution in [-0.2, 0) is 6.54 Å². The molecule has 0 aliphatic carbocycles.